The highest BCUT2D eigenvalue weighted by molar-refractivity contribution is 7.92. The number of anilines is 1. The van der Waals surface area contributed by atoms with Crippen LogP contribution in [0.25, 0.3) is 0 Å². The molecule has 0 aliphatic heterocycles. The predicted molar refractivity (Wildman–Crippen MR) is 154 cm³/mol. The number of sulfonamides is 1. The molecule has 1 aliphatic rings. The van der Waals surface area contributed by atoms with E-state index in [4.69, 9.17) is 0 Å². The molecule has 0 spiro atoms. The molecule has 1 fully saturated rings. The SMILES string of the molecule is CC[C@@H](C(=O)NC1CCCCC1)N(Cc1ccccc1)C(=O)CN(c1ccccc1)S(=O)(=O)c1ccccc1. The van der Waals surface area contributed by atoms with E-state index in [0.29, 0.717) is 12.1 Å². The number of amides is 2. The summed E-state index contributed by atoms with van der Waals surface area (Å²) in [5.41, 5.74) is 1.25. The lowest BCUT2D eigenvalue weighted by Gasteiger charge is -2.34. The Kier molecular flexibility index (Phi) is 9.76. The van der Waals surface area contributed by atoms with Crippen molar-refractivity contribution in [2.24, 2.45) is 0 Å². The Labute approximate surface area is 231 Å². The molecular weight excluding hydrogens is 510 g/mol. The third kappa shape index (κ3) is 7.26. The van der Waals surface area contributed by atoms with Crippen LogP contribution in [0.15, 0.2) is 95.9 Å². The molecule has 4 rings (SSSR count). The largest absolute Gasteiger partial charge is 0.352 e. The van der Waals surface area contributed by atoms with Crippen LogP contribution in [0.2, 0.25) is 0 Å². The monoisotopic (exact) mass is 547 g/mol. The number of carbonyl (C=O) groups excluding carboxylic acids is 2. The van der Waals surface area contributed by atoms with Crippen molar-refractivity contribution in [3.63, 3.8) is 0 Å². The molecule has 0 radical (unpaired) electrons. The first-order chi connectivity index (χ1) is 18.9. The number of benzene rings is 3. The second-order valence-corrected chi connectivity index (χ2v) is 11.8. The van der Waals surface area contributed by atoms with Gasteiger partial charge in [-0.05, 0) is 49.1 Å². The average molecular weight is 548 g/mol. The molecule has 1 atom stereocenters. The van der Waals surface area contributed by atoms with Crippen molar-refractivity contribution in [1.82, 2.24) is 10.2 Å². The Balaban J connectivity index is 1.66. The zero-order valence-corrected chi connectivity index (χ0v) is 23.2. The van der Waals surface area contributed by atoms with Crippen molar-refractivity contribution in [2.45, 2.75) is 69.0 Å². The number of para-hydroxylation sites is 1. The highest BCUT2D eigenvalue weighted by Gasteiger charge is 2.34. The van der Waals surface area contributed by atoms with Crippen LogP contribution in [0, 0.1) is 0 Å². The second-order valence-electron chi connectivity index (χ2n) is 9.94. The van der Waals surface area contributed by atoms with E-state index >= 15 is 0 Å². The average Bonchev–Trinajstić information content (AvgIpc) is 2.97. The molecule has 0 heterocycles. The molecule has 8 heteroatoms. The van der Waals surface area contributed by atoms with E-state index in [1.807, 2.05) is 37.3 Å². The van der Waals surface area contributed by atoms with Gasteiger partial charge < -0.3 is 10.2 Å². The molecule has 0 aromatic heterocycles. The number of hydrogen-bond donors (Lipinski definition) is 1. The molecule has 0 unspecified atom stereocenters. The van der Waals surface area contributed by atoms with E-state index in [-0.39, 0.29) is 23.4 Å². The van der Waals surface area contributed by atoms with Crippen LogP contribution in [0.1, 0.15) is 51.0 Å². The summed E-state index contributed by atoms with van der Waals surface area (Å²) < 4.78 is 28.7. The first kappa shape index (κ1) is 28.4. The summed E-state index contributed by atoms with van der Waals surface area (Å²) in [4.78, 5) is 29.2. The van der Waals surface area contributed by atoms with Crippen LogP contribution >= 0.6 is 0 Å². The second kappa shape index (κ2) is 13.4. The van der Waals surface area contributed by atoms with Crippen LogP contribution in [-0.2, 0) is 26.2 Å². The minimum Gasteiger partial charge on any atom is -0.352 e. The number of carbonyl (C=O) groups is 2. The van der Waals surface area contributed by atoms with Gasteiger partial charge in [-0.25, -0.2) is 8.42 Å². The Bertz CT molecular complexity index is 1310. The van der Waals surface area contributed by atoms with Crippen molar-refractivity contribution in [1.29, 1.82) is 0 Å². The van der Waals surface area contributed by atoms with Crippen molar-refractivity contribution >= 4 is 27.5 Å². The third-order valence-corrected chi connectivity index (χ3v) is 8.98. The van der Waals surface area contributed by atoms with Gasteiger partial charge in [0, 0.05) is 12.6 Å². The first-order valence-electron chi connectivity index (χ1n) is 13.7. The number of nitrogens with one attached hydrogen (secondary N) is 1. The summed E-state index contributed by atoms with van der Waals surface area (Å²) in [5, 5.41) is 3.17. The quantitative estimate of drug-likeness (QED) is 0.360. The predicted octanol–water partition coefficient (Wildman–Crippen LogP) is 5.14. The van der Waals surface area contributed by atoms with Crippen molar-refractivity contribution in [3.05, 3.63) is 96.6 Å². The maximum atomic E-state index is 14.0. The van der Waals surface area contributed by atoms with E-state index in [1.54, 1.807) is 48.5 Å². The molecule has 7 nitrogen and oxygen atoms in total. The maximum absolute atomic E-state index is 14.0. The number of hydrogen-bond acceptors (Lipinski definition) is 4. The normalized spacial score (nSPS) is 14.8. The van der Waals surface area contributed by atoms with Crippen LogP contribution in [-0.4, -0.2) is 43.8 Å². The van der Waals surface area contributed by atoms with Gasteiger partial charge in [0.15, 0.2) is 0 Å². The van der Waals surface area contributed by atoms with Gasteiger partial charge in [0.1, 0.15) is 12.6 Å². The summed E-state index contributed by atoms with van der Waals surface area (Å²) in [6, 6.07) is 25.6. The molecule has 206 valence electrons. The maximum Gasteiger partial charge on any atom is 0.264 e. The Morgan fingerprint density at radius 3 is 2.00 bits per heavy atom. The van der Waals surface area contributed by atoms with Crippen LogP contribution < -0.4 is 9.62 Å². The van der Waals surface area contributed by atoms with E-state index in [9.17, 15) is 18.0 Å². The third-order valence-electron chi connectivity index (χ3n) is 7.19. The lowest BCUT2D eigenvalue weighted by atomic mass is 9.95. The lowest BCUT2D eigenvalue weighted by Crippen LogP contribution is -2.54. The van der Waals surface area contributed by atoms with Gasteiger partial charge in [-0.1, -0.05) is 92.9 Å². The number of rotatable bonds is 11. The molecule has 1 aliphatic carbocycles. The molecule has 1 N–H and O–H groups in total. The van der Waals surface area contributed by atoms with Crippen LogP contribution in [0.3, 0.4) is 0 Å². The highest BCUT2D eigenvalue weighted by atomic mass is 32.2. The minimum atomic E-state index is -4.05. The Morgan fingerprint density at radius 1 is 0.846 bits per heavy atom. The van der Waals surface area contributed by atoms with Crippen molar-refractivity contribution in [2.75, 3.05) is 10.8 Å². The summed E-state index contributed by atoms with van der Waals surface area (Å²) in [5.74, 6) is -0.626. The van der Waals surface area contributed by atoms with Crippen molar-refractivity contribution < 1.29 is 18.0 Å². The molecule has 39 heavy (non-hydrogen) atoms. The Hall–Kier alpha value is -3.65. The van der Waals surface area contributed by atoms with Gasteiger partial charge in [-0.15, -0.1) is 0 Å². The molecule has 2 amide bonds. The zero-order valence-electron chi connectivity index (χ0n) is 22.4. The summed E-state index contributed by atoms with van der Waals surface area (Å²) in [6.07, 6.45) is 5.62. The summed E-state index contributed by atoms with van der Waals surface area (Å²) >= 11 is 0. The molecule has 3 aromatic carbocycles. The van der Waals surface area contributed by atoms with Gasteiger partial charge >= 0.3 is 0 Å². The van der Waals surface area contributed by atoms with Crippen LogP contribution in [0.4, 0.5) is 5.69 Å². The molecule has 0 saturated heterocycles. The van der Waals surface area contributed by atoms with Crippen LogP contribution in [0.5, 0.6) is 0 Å². The van der Waals surface area contributed by atoms with E-state index in [1.165, 1.54) is 23.5 Å². The van der Waals surface area contributed by atoms with Gasteiger partial charge in [0.05, 0.1) is 10.6 Å². The molecular formula is C31H37N3O4S. The Morgan fingerprint density at radius 2 is 1.41 bits per heavy atom. The van der Waals surface area contributed by atoms with E-state index < -0.39 is 28.5 Å². The molecule has 3 aromatic rings. The lowest BCUT2D eigenvalue weighted by molar-refractivity contribution is -0.140. The highest BCUT2D eigenvalue weighted by Crippen LogP contribution is 2.25. The van der Waals surface area contributed by atoms with Gasteiger partial charge in [0.25, 0.3) is 10.0 Å². The zero-order chi connectivity index (χ0) is 27.7. The first-order valence-corrected chi connectivity index (χ1v) is 15.1. The minimum absolute atomic E-state index is 0.0957. The fourth-order valence-electron chi connectivity index (χ4n) is 5.09. The summed E-state index contributed by atoms with van der Waals surface area (Å²) in [7, 11) is -4.05. The van der Waals surface area contributed by atoms with Gasteiger partial charge in [0.2, 0.25) is 11.8 Å². The number of nitrogens with zero attached hydrogens (tertiary/aromatic N) is 2. The molecule has 1 saturated carbocycles. The topological polar surface area (TPSA) is 86.8 Å². The van der Waals surface area contributed by atoms with Gasteiger partial charge in [-0.3, -0.25) is 13.9 Å². The smallest absolute Gasteiger partial charge is 0.264 e. The fraction of sp³-hybridized carbons (Fsp3) is 0.355. The molecule has 0 bridgehead atoms. The fourth-order valence-corrected chi connectivity index (χ4v) is 6.52. The standard InChI is InChI=1S/C31H37N3O4S/c1-2-29(31(36)32-26-17-9-4-10-18-26)33(23-25-15-7-3-8-16-25)30(35)24-34(27-19-11-5-12-20-27)39(37,38)28-21-13-6-14-22-28/h3,5-8,11-16,19-22,26,29H,2,4,9-10,17-18,23-24H2,1H3,(H,32,36)/t29-/m0/s1. The van der Waals surface area contributed by atoms with Crippen molar-refractivity contribution in [3.8, 4) is 0 Å². The van der Waals surface area contributed by atoms with E-state index in [2.05, 4.69) is 5.32 Å². The van der Waals surface area contributed by atoms with E-state index in [0.717, 1.165) is 35.6 Å². The summed E-state index contributed by atoms with van der Waals surface area (Å²) in [6.45, 7) is 1.65. The van der Waals surface area contributed by atoms with Gasteiger partial charge in [-0.2, -0.15) is 0 Å².